The van der Waals surface area contributed by atoms with E-state index in [4.69, 9.17) is 14.0 Å². The van der Waals surface area contributed by atoms with Gasteiger partial charge in [0.1, 0.15) is 10.8 Å². The molecule has 202 valence electrons. The van der Waals surface area contributed by atoms with Gasteiger partial charge in [-0.2, -0.15) is 0 Å². The Morgan fingerprint density at radius 3 is 2.49 bits per heavy atom. The summed E-state index contributed by atoms with van der Waals surface area (Å²) in [5, 5.41) is 3.43. The Bertz CT molecular complexity index is 1290. The van der Waals surface area contributed by atoms with Crippen LogP contribution in [0.2, 0.25) is 0 Å². The van der Waals surface area contributed by atoms with Gasteiger partial charge in [-0.15, -0.1) is 11.3 Å². The fourth-order valence-electron chi connectivity index (χ4n) is 3.76. The minimum Gasteiger partial charge on any atom is -0.399 e. The van der Waals surface area contributed by atoms with Crippen molar-refractivity contribution in [3.8, 4) is 0 Å². The lowest BCUT2D eigenvalue weighted by Crippen LogP contribution is -2.41. The lowest BCUT2D eigenvalue weighted by atomic mass is 9.78. The first-order valence-corrected chi connectivity index (χ1v) is 14.5. The molecule has 0 spiro atoms. The van der Waals surface area contributed by atoms with Crippen molar-refractivity contribution in [2.45, 2.75) is 63.0 Å². The van der Waals surface area contributed by atoms with Crippen LogP contribution < -0.4 is 16.1 Å². The van der Waals surface area contributed by atoms with E-state index < -0.39 is 56.8 Å². The van der Waals surface area contributed by atoms with Crippen LogP contribution in [0.5, 0.6) is 0 Å². The van der Waals surface area contributed by atoms with Crippen LogP contribution in [-0.4, -0.2) is 75.6 Å². The number of carbonyl (C=O) groups is 2. The second kappa shape index (κ2) is 10.2. The van der Waals surface area contributed by atoms with E-state index in [-0.39, 0.29) is 35.2 Å². The predicted octanol–water partition coefficient (Wildman–Crippen LogP) is 1.23. The normalized spacial score (nSPS) is 19.7. The number of fused-ring (bicyclic) bond motifs is 1. The van der Waals surface area contributed by atoms with Crippen molar-refractivity contribution in [3.63, 3.8) is 0 Å². The third-order valence-corrected chi connectivity index (χ3v) is 9.91. The lowest BCUT2D eigenvalue weighted by Gasteiger charge is -2.32. The Balaban J connectivity index is 1.64. The second-order valence-corrected chi connectivity index (χ2v) is 13.5. The van der Waals surface area contributed by atoms with Crippen molar-refractivity contribution in [3.05, 3.63) is 23.0 Å². The molecule has 1 aromatic carbocycles. The van der Waals surface area contributed by atoms with Crippen molar-refractivity contribution in [2.24, 2.45) is 0 Å². The fraction of sp³-hybridized carbons (Fsp3) is 0.609. The van der Waals surface area contributed by atoms with Crippen LogP contribution in [0, 0.1) is 5.82 Å². The van der Waals surface area contributed by atoms with E-state index in [0.29, 0.717) is 4.70 Å². The molecule has 1 unspecified atom stereocenters. The standard InChI is InChI=1S/C23H31BFN3O7S2/c1-22(2)23(3,4)35-24(34-22)14-10-17-16(11-15(14)25)28-21(36-17)19(37(31,32)9-8-33-5)20(30)26-12-18(29)27-13-6-7-13/h10-11,13,19H,6-9,12H2,1-5H3,(H,26,30)(H,27,29). The van der Waals surface area contributed by atoms with Crippen molar-refractivity contribution in [1.29, 1.82) is 0 Å². The Kier molecular flexibility index (Phi) is 7.70. The number of hydrogen-bond acceptors (Lipinski definition) is 9. The molecule has 0 radical (unpaired) electrons. The molecule has 2 fully saturated rings. The number of sulfone groups is 1. The highest BCUT2D eigenvalue weighted by atomic mass is 32.2. The molecule has 1 atom stereocenters. The van der Waals surface area contributed by atoms with Crippen molar-refractivity contribution >= 4 is 55.8 Å². The number of hydrogen-bond donors (Lipinski definition) is 2. The van der Waals surface area contributed by atoms with Crippen LogP contribution >= 0.6 is 11.3 Å². The predicted molar refractivity (Wildman–Crippen MR) is 138 cm³/mol. The molecule has 1 aromatic heterocycles. The number of thiazole rings is 1. The zero-order chi connectivity index (χ0) is 27.2. The van der Waals surface area contributed by atoms with Crippen LogP contribution in [0.25, 0.3) is 10.2 Å². The number of aromatic nitrogens is 1. The number of amides is 2. The third kappa shape index (κ3) is 5.98. The Hall–Kier alpha value is -2.13. The van der Waals surface area contributed by atoms with E-state index in [0.717, 1.165) is 24.2 Å². The molecule has 1 aliphatic heterocycles. The number of carbonyl (C=O) groups excluding carboxylic acids is 2. The number of nitrogens with zero attached hydrogens (tertiary/aromatic N) is 1. The highest BCUT2D eigenvalue weighted by Gasteiger charge is 2.52. The van der Waals surface area contributed by atoms with E-state index in [1.807, 2.05) is 27.7 Å². The SMILES string of the molecule is COCCS(=O)(=O)C(C(=O)NCC(=O)NC1CC1)c1nc2cc(F)c(B3OC(C)(C)C(C)(C)O3)cc2s1. The molecule has 1 saturated carbocycles. The summed E-state index contributed by atoms with van der Waals surface area (Å²) in [6.07, 6.45) is 1.76. The average molecular weight is 555 g/mol. The number of ether oxygens (including phenoxy) is 1. The second-order valence-electron chi connectivity index (χ2n) is 10.3. The summed E-state index contributed by atoms with van der Waals surface area (Å²) < 4.78 is 58.7. The Labute approximate surface area is 219 Å². The number of benzene rings is 1. The summed E-state index contributed by atoms with van der Waals surface area (Å²) in [6.45, 7) is 6.93. The van der Waals surface area contributed by atoms with Crippen LogP contribution in [0.1, 0.15) is 50.8 Å². The molecule has 2 aliphatic rings. The first-order valence-electron chi connectivity index (χ1n) is 12.0. The summed E-state index contributed by atoms with van der Waals surface area (Å²) in [4.78, 5) is 29.4. The third-order valence-electron chi connectivity index (χ3n) is 6.79. The van der Waals surface area contributed by atoms with Gasteiger partial charge in [-0.1, -0.05) is 0 Å². The van der Waals surface area contributed by atoms with Gasteiger partial charge in [0, 0.05) is 24.7 Å². The number of nitrogens with one attached hydrogen (secondary N) is 2. The molecule has 37 heavy (non-hydrogen) atoms. The zero-order valence-electron chi connectivity index (χ0n) is 21.4. The molecule has 2 N–H and O–H groups in total. The summed E-state index contributed by atoms with van der Waals surface area (Å²) in [7, 11) is -3.69. The smallest absolute Gasteiger partial charge is 0.399 e. The van der Waals surface area contributed by atoms with Crippen LogP contribution in [0.3, 0.4) is 0 Å². The monoisotopic (exact) mass is 555 g/mol. The van der Waals surface area contributed by atoms with Gasteiger partial charge < -0.3 is 24.7 Å². The first-order chi connectivity index (χ1) is 17.2. The molecular formula is C23H31BFN3O7S2. The van der Waals surface area contributed by atoms with Gasteiger partial charge in [0.05, 0.1) is 40.3 Å². The molecule has 10 nitrogen and oxygen atoms in total. The zero-order valence-corrected chi connectivity index (χ0v) is 23.1. The summed E-state index contributed by atoms with van der Waals surface area (Å²) in [6, 6.07) is 2.78. The summed E-state index contributed by atoms with van der Waals surface area (Å²) in [5.74, 6) is -2.34. The van der Waals surface area contributed by atoms with Gasteiger partial charge in [0.15, 0.2) is 15.1 Å². The molecule has 4 rings (SSSR count). The molecular weight excluding hydrogens is 524 g/mol. The number of halogens is 1. The van der Waals surface area contributed by atoms with E-state index in [1.54, 1.807) is 0 Å². The van der Waals surface area contributed by atoms with Crippen molar-refractivity contribution in [1.82, 2.24) is 15.6 Å². The van der Waals surface area contributed by atoms with E-state index in [9.17, 15) is 18.0 Å². The highest BCUT2D eigenvalue weighted by molar-refractivity contribution is 7.92. The van der Waals surface area contributed by atoms with E-state index >= 15 is 4.39 Å². The molecule has 1 aliphatic carbocycles. The maximum absolute atomic E-state index is 15.1. The minimum absolute atomic E-state index is 0.0309. The fourth-order valence-corrected chi connectivity index (χ4v) is 6.72. The largest absolute Gasteiger partial charge is 0.497 e. The number of rotatable bonds is 10. The minimum atomic E-state index is -4.07. The summed E-state index contributed by atoms with van der Waals surface area (Å²) in [5.41, 5.74) is -1.00. The molecule has 2 heterocycles. The van der Waals surface area contributed by atoms with Crippen LogP contribution in [0.4, 0.5) is 4.39 Å². The van der Waals surface area contributed by atoms with E-state index in [2.05, 4.69) is 15.6 Å². The maximum atomic E-state index is 15.1. The van der Waals surface area contributed by atoms with Gasteiger partial charge >= 0.3 is 7.12 Å². The number of methoxy groups -OCH3 is 1. The summed E-state index contributed by atoms with van der Waals surface area (Å²) >= 11 is 0.960. The Morgan fingerprint density at radius 1 is 1.24 bits per heavy atom. The lowest BCUT2D eigenvalue weighted by molar-refractivity contribution is -0.126. The van der Waals surface area contributed by atoms with Gasteiger partial charge in [-0.05, 0) is 46.6 Å². The first kappa shape index (κ1) is 27.9. The quantitative estimate of drug-likeness (QED) is 0.419. The van der Waals surface area contributed by atoms with Gasteiger partial charge in [-0.25, -0.2) is 17.8 Å². The maximum Gasteiger partial charge on any atom is 0.497 e. The Morgan fingerprint density at radius 2 is 1.89 bits per heavy atom. The van der Waals surface area contributed by atoms with Crippen molar-refractivity contribution in [2.75, 3.05) is 26.0 Å². The highest BCUT2D eigenvalue weighted by Crippen LogP contribution is 2.37. The topological polar surface area (TPSA) is 133 Å². The van der Waals surface area contributed by atoms with Gasteiger partial charge in [-0.3, -0.25) is 9.59 Å². The molecule has 2 amide bonds. The van der Waals surface area contributed by atoms with Crippen molar-refractivity contribution < 1.29 is 36.4 Å². The van der Waals surface area contributed by atoms with Gasteiger partial charge in [0.2, 0.25) is 11.8 Å². The van der Waals surface area contributed by atoms with E-state index in [1.165, 1.54) is 19.2 Å². The molecule has 2 aromatic rings. The van der Waals surface area contributed by atoms with Gasteiger partial charge in [0.25, 0.3) is 0 Å². The molecule has 1 saturated heterocycles. The molecule has 0 bridgehead atoms. The molecule has 14 heteroatoms. The van der Waals surface area contributed by atoms with Crippen LogP contribution in [-0.2, 0) is 33.5 Å². The van der Waals surface area contributed by atoms with Crippen LogP contribution in [0.15, 0.2) is 12.1 Å². The average Bonchev–Trinajstić information content (AvgIpc) is 3.46.